The molecule has 1 amide bonds. The van der Waals surface area contributed by atoms with Gasteiger partial charge in [0, 0.05) is 0 Å². The molecule has 0 aromatic rings. The van der Waals surface area contributed by atoms with Gasteiger partial charge in [-0.2, -0.15) is 5.26 Å². The van der Waals surface area contributed by atoms with Gasteiger partial charge in [0.05, 0.1) is 6.54 Å². The van der Waals surface area contributed by atoms with E-state index in [1.54, 1.807) is 6.19 Å². The molecular weight excluding hydrogens is 128 g/mol. The van der Waals surface area contributed by atoms with Crippen LogP contribution in [-0.4, -0.2) is 17.4 Å². The molecule has 0 aliphatic heterocycles. The van der Waals surface area contributed by atoms with Crippen molar-refractivity contribution < 1.29 is 4.79 Å². The third-order valence-electron chi connectivity index (χ3n) is 0.873. The van der Waals surface area contributed by atoms with Crippen molar-refractivity contribution in [1.29, 1.82) is 5.26 Å². The van der Waals surface area contributed by atoms with E-state index in [1.165, 1.54) is 6.08 Å². The predicted molar refractivity (Wildman–Crippen MR) is 37.7 cm³/mol. The van der Waals surface area contributed by atoms with Crippen LogP contribution in [0.25, 0.3) is 0 Å². The Bertz CT molecular complexity index is 190. The molecule has 0 fully saturated rings. The molecule has 0 bridgehead atoms. The van der Waals surface area contributed by atoms with Gasteiger partial charge in [0.25, 0.3) is 5.91 Å². The van der Waals surface area contributed by atoms with Crippen LogP contribution >= 0.6 is 0 Å². The lowest BCUT2D eigenvalue weighted by Crippen LogP contribution is -2.23. The fourth-order valence-electron chi connectivity index (χ4n) is 0.419. The molecule has 52 valence electrons. The lowest BCUT2D eigenvalue weighted by molar-refractivity contribution is -0.122. The first-order chi connectivity index (χ1) is 4.76. The van der Waals surface area contributed by atoms with Crippen LogP contribution in [-0.2, 0) is 4.79 Å². The van der Waals surface area contributed by atoms with E-state index in [0.29, 0.717) is 0 Å². The van der Waals surface area contributed by atoms with E-state index in [2.05, 4.69) is 13.2 Å². The Hall–Kier alpha value is -1.56. The molecule has 0 rings (SSSR count). The number of nitriles is 1. The van der Waals surface area contributed by atoms with Gasteiger partial charge in [-0.15, -0.1) is 6.58 Å². The second kappa shape index (κ2) is 4.33. The Morgan fingerprint density at radius 3 is 2.60 bits per heavy atom. The highest BCUT2D eigenvalue weighted by Gasteiger charge is 2.04. The molecule has 0 aromatic carbocycles. The number of amides is 1. The van der Waals surface area contributed by atoms with Crippen molar-refractivity contribution in [3.63, 3.8) is 0 Å². The van der Waals surface area contributed by atoms with Gasteiger partial charge in [-0.05, 0) is 6.08 Å². The maximum atomic E-state index is 10.7. The minimum absolute atomic E-state index is 0.237. The fourth-order valence-corrected chi connectivity index (χ4v) is 0.419. The lowest BCUT2D eigenvalue weighted by atomic mass is 10.5. The maximum Gasteiger partial charge on any atom is 0.259 e. The van der Waals surface area contributed by atoms with Gasteiger partial charge in [-0.25, -0.2) is 4.90 Å². The molecule has 0 aliphatic rings. The predicted octanol–water partition coefficient (Wildman–Crippen LogP) is 0.668. The molecule has 0 aliphatic carbocycles. The van der Waals surface area contributed by atoms with Crippen LogP contribution in [0.2, 0.25) is 0 Å². The van der Waals surface area contributed by atoms with E-state index in [-0.39, 0.29) is 6.54 Å². The second-order valence-electron chi connectivity index (χ2n) is 1.54. The molecule has 0 atom stereocenters. The summed E-state index contributed by atoms with van der Waals surface area (Å²) in [4.78, 5) is 11.6. The highest BCUT2D eigenvalue weighted by atomic mass is 16.2. The van der Waals surface area contributed by atoms with Crippen molar-refractivity contribution >= 4 is 5.91 Å². The summed E-state index contributed by atoms with van der Waals surface area (Å²) in [6.07, 6.45) is 4.26. The van der Waals surface area contributed by atoms with E-state index < -0.39 is 5.91 Å². The first kappa shape index (κ1) is 8.44. The van der Waals surface area contributed by atoms with Gasteiger partial charge in [0.1, 0.15) is 0 Å². The molecular formula is C7H8N2O. The molecule has 0 aromatic heterocycles. The normalized spacial score (nSPS) is 7.50. The summed E-state index contributed by atoms with van der Waals surface area (Å²) in [7, 11) is 0. The van der Waals surface area contributed by atoms with Crippen molar-refractivity contribution in [2.24, 2.45) is 0 Å². The Morgan fingerprint density at radius 1 is 1.70 bits per heavy atom. The minimum atomic E-state index is -0.401. The standard InChI is InChI=1S/C7H8N2O/c1-3-5-9(6-8)7(10)4-2/h3-4H,1-2,5H2. The van der Waals surface area contributed by atoms with Crippen molar-refractivity contribution in [1.82, 2.24) is 4.90 Å². The summed E-state index contributed by atoms with van der Waals surface area (Å²) in [5, 5.41) is 8.32. The Labute approximate surface area is 59.9 Å². The van der Waals surface area contributed by atoms with Crippen molar-refractivity contribution in [2.45, 2.75) is 0 Å². The fraction of sp³-hybridized carbons (Fsp3) is 0.143. The van der Waals surface area contributed by atoms with Gasteiger partial charge in [0.2, 0.25) is 0 Å². The summed E-state index contributed by atoms with van der Waals surface area (Å²) in [6.45, 7) is 6.86. The van der Waals surface area contributed by atoms with E-state index in [4.69, 9.17) is 5.26 Å². The SMILES string of the molecule is C=CCN(C#N)C(=O)C=C. The van der Waals surface area contributed by atoms with Gasteiger partial charge in [-0.1, -0.05) is 12.7 Å². The van der Waals surface area contributed by atoms with Gasteiger partial charge in [-0.3, -0.25) is 4.79 Å². The summed E-state index contributed by atoms with van der Waals surface area (Å²) in [6, 6.07) is 0. The Kier molecular flexibility index (Phi) is 3.66. The molecule has 10 heavy (non-hydrogen) atoms. The van der Waals surface area contributed by atoms with Crippen LogP contribution in [0.5, 0.6) is 0 Å². The molecule has 3 nitrogen and oxygen atoms in total. The lowest BCUT2D eigenvalue weighted by Gasteiger charge is -2.05. The summed E-state index contributed by atoms with van der Waals surface area (Å²) >= 11 is 0. The quantitative estimate of drug-likeness (QED) is 0.248. The molecule has 0 N–H and O–H groups in total. The summed E-state index contributed by atoms with van der Waals surface area (Å²) < 4.78 is 0. The second-order valence-corrected chi connectivity index (χ2v) is 1.54. The van der Waals surface area contributed by atoms with Crippen LogP contribution in [0.15, 0.2) is 25.3 Å². The van der Waals surface area contributed by atoms with Crippen molar-refractivity contribution in [3.05, 3.63) is 25.3 Å². The third-order valence-corrected chi connectivity index (χ3v) is 0.873. The molecule has 0 saturated carbocycles. The molecule has 0 heterocycles. The Morgan fingerprint density at radius 2 is 2.30 bits per heavy atom. The summed E-state index contributed by atoms with van der Waals surface area (Å²) in [5.41, 5.74) is 0. The number of hydrogen-bond donors (Lipinski definition) is 0. The molecule has 0 radical (unpaired) electrons. The van der Waals surface area contributed by atoms with E-state index in [9.17, 15) is 4.79 Å². The van der Waals surface area contributed by atoms with Crippen LogP contribution in [0.4, 0.5) is 0 Å². The highest BCUT2D eigenvalue weighted by Crippen LogP contribution is 1.87. The van der Waals surface area contributed by atoms with Gasteiger partial charge >= 0.3 is 0 Å². The Balaban J connectivity index is 4.08. The van der Waals surface area contributed by atoms with Crippen LogP contribution in [0, 0.1) is 11.5 Å². The van der Waals surface area contributed by atoms with Crippen LogP contribution in [0.3, 0.4) is 0 Å². The third kappa shape index (κ3) is 2.14. The summed E-state index contributed by atoms with van der Waals surface area (Å²) in [5.74, 6) is -0.401. The molecule has 0 saturated heterocycles. The highest BCUT2D eigenvalue weighted by molar-refractivity contribution is 5.88. The average molecular weight is 136 g/mol. The maximum absolute atomic E-state index is 10.7. The first-order valence-electron chi connectivity index (χ1n) is 2.70. The van der Waals surface area contributed by atoms with Crippen molar-refractivity contribution in [3.8, 4) is 6.19 Å². The van der Waals surface area contributed by atoms with E-state index in [0.717, 1.165) is 11.0 Å². The average Bonchev–Trinajstić information content (AvgIpc) is 1.99. The van der Waals surface area contributed by atoms with E-state index in [1.807, 2.05) is 0 Å². The van der Waals surface area contributed by atoms with Crippen molar-refractivity contribution in [2.75, 3.05) is 6.54 Å². The topological polar surface area (TPSA) is 44.1 Å². The largest absolute Gasteiger partial charge is 0.269 e. The number of rotatable bonds is 3. The zero-order chi connectivity index (χ0) is 7.98. The first-order valence-corrected chi connectivity index (χ1v) is 2.70. The zero-order valence-corrected chi connectivity index (χ0v) is 5.58. The van der Waals surface area contributed by atoms with E-state index >= 15 is 0 Å². The number of carbonyl (C=O) groups is 1. The van der Waals surface area contributed by atoms with Gasteiger partial charge in [0.15, 0.2) is 6.19 Å². The monoisotopic (exact) mass is 136 g/mol. The molecule has 0 unspecified atom stereocenters. The smallest absolute Gasteiger partial charge is 0.259 e. The number of nitrogens with zero attached hydrogens (tertiary/aromatic N) is 2. The van der Waals surface area contributed by atoms with Crippen LogP contribution in [0.1, 0.15) is 0 Å². The van der Waals surface area contributed by atoms with Crippen LogP contribution < -0.4 is 0 Å². The number of carbonyl (C=O) groups excluding carboxylic acids is 1. The zero-order valence-electron chi connectivity index (χ0n) is 5.58. The van der Waals surface area contributed by atoms with Gasteiger partial charge < -0.3 is 0 Å². The molecule has 0 spiro atoms. The number of hydrogen-bond acceptors (Lipinski definition) is 2. The molecule has 3 heteroatoms. The minimum Gasteiger partial charge on any atom is -0.269 e.